The molecule has 3 aromatic rings. The highest BCUT2D eigenvalue weighted by Gasteiger charge is 2.25. The van der Waals surface area contributed by atoms with Gasteiger partial charge in [0.25, 0.3) is 5.56 Å². The lowest BCUT2D eigenvalue weighted by Gasteiger charge is -2.17. The maximum Gasteiger partial charge on any atom is 0.263 e. The molecular weight excluding hydrogens is 362 g/mol. The van der Waals surface area contributed by atoms with Crippen LogP contribution in [0.25, 0.3) is 21.3 Å². The zero-order chi connectivity index (χ0) is 19.7. The van der Waals surface area contributed by atoms with E-state index in [0.717, 1.165) is 28.2 Å². The van der Waals surface area contributed by atoms with E-state index >= 15 is 0 Å². The van der Waals surface area contributed by atoms with Gasteiger partial charge < -0.3 is 10.5 Å². The second-order valence-corrected chi connectivity index (χ2v) is 7.41. The summed E-state index contributed by atoms with van der Waals surface area (Å²) in [7, 11) is 1.61. The van der Waals surface area contributed by atoms with E-state index in [1.165, 1.54) is 15.9 Å². The molecule has 0 aliphatic heterocycles. The van der Waals surface area contributed by atoms with Gasteiger partial charge in [-0.05, 0) is 37.5 Å². The molecule has 1 aromatic carbocycles. The van der Waals surface area contributed by atoms with Crippen LogP contribution >= 0.6 is 11.3 Å². The van der Waals surface area contributed by atoms with Crippen LogP contribution in [0.5, 0.6) is 5.75 Å². The summed E-state index contributed by atoms with van der Waals surface area (Å²) in [5, 5.41) is 0.537. The Morgan fingerprint density at radius 3 is 2.70 bits per heavy atom. The van der Waals surface area contributed by atoms with Crippen molar-refractivity contribution in [2.45, 2.75) is 39.7 Å². The van der Waals surface area contributed by atoms with E-state index in [1.54, 1.807) is 14.0 Å². The average Bonchev–Trinajstić information content (AvgIpc) is 3.03. The number of benzene rings is 1. The van der Waals surface area contributed by atoms with E-state index in [4.69, 9.17) is 10.5 Å². The average molecular weight is 385 g/mol. The van der Waals surface area contributed by atoms with Crippen LogP contribution < -0.4 is 16.0 Å². The molecule has 0 spiro atoms. The van der Waals surface area contributed by atoms with Crippen molar-refractivity contribution >= 4 is 27.5 Å². The van der Waals surface area contributed by atoms with E-state index in [-0.39, 0.29) is 5.56 Å². The van der Waals surface area contributed by atoms with Gasteiger partial charge in [0.05, 0.1) is 12.5 Å². The van der Waals surface area contributed by atoms with E-state index < -0.39 is 11.9 Å². The van der Waals surface area contributed by atoms with Crippen molar-refractivity contribution in [1.29, 1.82) is 0 Å². The number of ether oxygens (including phenoxy) is 1. The summed E-state index contributed by atoms with van der Waals surface area (Å²) in [4.78, 5) is 31.7. The number of carbonyl (C=O) groups is 1. The fourth-order valence-corrected chi connectivity index (χ4v) is 4.59. The van der Waals surface area contributed by atoms with E-state index in [1.807, 2.05) is 31.2 Å². The van der Waals surface area contributed by atoms with Gasteiger partial charge in [-0.15, -0.1) is 11.3 Å². The lowest BCUT2D eigenvalue weighted by molar-refractivity contribution is -0.121. The van der Waals surface area contributed by atoms with Crippen molar-refractivity contribution in [3.05, 3.63) is 45.3 Å². The number of primary amides is 1. The minimum absolute atomic E-state index is 0.225. The van der Waals surface area contributed by atoms with Gasteiger partial charge in [-0.1, -0.05) is 26.0 Å². The first-order valence-corrected chi connectivity index (χ1v) is 9.72. The summed E-state index contributed by atoms with van der Waals surface area (Å²) in [6.45, 7) is 5.63. The van der Waals surface area contributed by atoms with Gasteiger partial charge >= 0.3 is 0 Å². The summed E-state index contributed by atoms with van der Waals surface area (Å²) in [5.41, 5.74) is 7.08. The number of fused-ring (bicyclic) bond motifs is 1. The maximum absolute atomic E-state index is 13.4. The molecule has 1 atom stereocenters. The summed E-state index contributed by atoms with van der Waals surface area (Å²) in [5.74, 6) is 0.690. The Morgan fingerprint density at radius 1 is 1.37 bits per heavy atom. The number of amides is 1. The van der Waals surface area contributed by atoms with Crippen LogP contribution in [0.4, 0.5) is 0 Å². The first kappa shape index (κ1) is 19.1. The van der Waals surface area contributed by atoms with Crippen LogP contribution in [0.3, 0.4) is 0 Å². The van der Waals surface area contributed by atoms with Crippen LogP contribution in [0, 0.1) is 6.92 Å². The van der Waals surface area contributed by atoms with Crippen LogP contribution in [0.1, 0.15) is 37.0 Å². The predicted molar refractivity (Wildman–Crippen MR) is 109 cm³/mol. The predicted octanol–water partition coefficient (Wildman–Crippen LogP) is 3.44. The molecule has 2 N–H and O–H groups in total. The van der Waals surface area contributed by atoms with Crippen LogP contribution in [0.15, 0.2) is 29.1 Å². The van der Waals surface area contributed by atoms with Crippen LogP contribution in [-0.4, -0.2) is 22.6 Å². The summed E-state index contributed by atoms with van der Waals surface area (Å²) in [6.07, 6.45) is 1.21. The Labute approximate surface area is 161 Å². The summed E-state index contributed by atoms with van der Waals surface area (Å²) >= 11 is 1.52. The number of rotatable bonds is 6. The quantitative estimate of drug-likeness (QED) is 0.704. The number of aromatic nitrogens is 2. The van der Waals surface area contributed by atoms with E-state index in [9.17, 15) is 9.59 Å². The molecule has 1 unspecified atom stereocenters. The molecule has 1 amide bonds. The zero-order valence-corrected chi connectivity index (χ0v) is 16.7. The van der Waals surface area contributed by atoms with Gasteiger partial charge in [0, 0.05) is 10.4 Å². The molecule has 0 fully saturated rings. The van der Waals surface area contributed by atoms with Gasteiger partial charge in [-0.2, -0.15) is 0 Å². The monoisotopic (exact) mass is 385 g/mol. The fraction of sp³-hybridized carbons (Fsp3) is 0.350. The number of hydrogen-bond acceptors (Lipinski definition) is 5. The van der Waals surface area contributed by atoms with Crippen molar-refractivity contribution in [1.82, 2.24) is 9.55 Å². The highest BCUT2D eigenvalue weighted by atomic mass is 32.1. The molecule has 6 nitrogen and oxygen atoms in total. The summed E-state index contributed by atoms with van der Waals surface area (Å²) in [6, 6.07) is 6.92. The number of nitrogens with two attached hydrogens (primary N) is 1. The molecule has 0 bridgehead atoms. The number of aryl methyl sites for hydroxylation is 2. The fourth-order valence-electron chi connectivity index (χ4n) is 3.42. The van der Waals surface area contributed by atoms with E-state index in [2.05, 4.69) is 11.9 Å². The van der Waals surface area contributed by atoms with Gasteiger partial charge in [0.2, 0.25) is 5.91 Å². The molecule has 142 valence electrons. The molecule has 3 rings (SSSR count). The van der Waals surface area contributed by atoms with Crippen molar-refractivity contribution < 1.29 is 9.53 Å². The van der Waals surface area contributed by atoms with Crippen molar-refractivity contribution in [2.75, 3.05) is 7.11 Å². The third-order valence-electron chi connectivity index (χ3n) is 4.71. The van der Waals surface area contributed by atoms with Crippen LogP contribution in [-0.2, 0) is 11.2 Å². The first-order chi connectivity index (χ1) is 12.9. The Kier molecular flexibility index (Phi) is 5.32. The molecule has 0 radical (unpaired) electrons. The first-order valence-electron chi connectivity index (χ1n) is 8.91. The zero-order valence-electron chi connectivity index (χ0n) is 15.9. The lowest BCUT2D eigenvalue weighted by Crippen LogP contribution is -2.35. The SMILES string of the molecule is CCc1sc2nc(C)n(C(CC)C(N)=O)c(=O)c2c1-c1cccc(OC)c1. The molecule has 7 heteroatoms. The molecular formula is C20H23N3O3S. The molecule has 0 saturated heterocycles. The second kappa shape index (κ2) is 7.52. The Balaban J connectivity index is 2.40. The van der Waals surface area contributed by atoms with Crippen molar-refractivity contribution in [2.24, 2.45) is 5.73 Å². The van der Waals surface area contributed by atoms with Crippen molar-refractivity contribution in [3.63, 3.8) is 0 Å². The Hall–Kier alpha value is -2.67. The number of carbonyl (C=O) groups excluding carboxylic acids is 1. The molecule has 2 aromatic heterocycles. The van der Waals surface area contributed by atoms with Gasteiger partial charge in [-0.3, -0.25) is 14.2 Å². The standard InChI is InChI=1S/C20H23N3O3S/c1-5-14(18(21)24)23-11(3)22-19-17(20(23)25)16(15(6-2)27-19)12-8-7-9-13(10-12)26-4/h7-10,14H,5-6H2,1-4H3,(H2,21,24). The van der Waals surface area contributed by atoms with Gasteiger partial charge in [-0.25, -0.2) is 4.98 Å². The third-order valence-corrected chi connectivity index (χ3v) is 5.94. The summed E-state index contributed by atoms with van der Waals surface area (Å²) < 4.78 is 6.77. The minimum atomic E-state index is -0.711. The topological polar surface area (TPSA) is 87.2 Å². The maximum atomic E-state index is 13.4. The van der Waals surface area contributed by atoms with Gasteiger partial charge in [0.1, 0.15) is 22.4 Å². The molecule has 27 heavy (non-hydrogen) atoms. The number of thiophene rings is 1. The third kappa shape index (κ3) is 3.23. The molecule has 0 aliphatic carbocycles. The normalized spacial score (nSPS) is 12.3. The molecule has 2 heterocycles. The number of hydrogen-bond donors (Lipinski definition) is 1. The lowest BCUT2D eigenvalue weighted by atomic mass is 10.0. The highest BCUT2D eigenvalue weighted by Crippen LogP contribution is 2.38. The smallest absolute Gasteiger partial charge is 0.263 e. The van der Waals surface area contributed by atoms with Crippen molar-refractivity contribution in [3.8, 4) is 16.9 Å². The van der Waals surface area contributed by atoms with Crippen LogP contribution in [0.2, 0.25) is 0 Å². The molecule has 0 saturated carbocycles. The van der Waals surface area contributed by atoms with Gasteiger partial charge in [0.15, 0.2) is 0 Å². The second-order valence-electron chi connectivity index (χ2n) is 6.33. The largest absolute Gasteiger partial charge is 0.497 e. The highest BCUT2D eigenvalue weighted by molar-refractivity contribution is 7.19. The Morgan fingerprint density at radius 2 is 2.11 bits per heavy atom. The Bertz CT molecular complexity index is 1070. The number of nitrogens with zero attached hydrogens (tertiary/aromatic N) is 2. The number of methoxy groups -OCH3 is 1. The van der Waals surface area contributed by atoms with E-state index in [0.29, 0.717) is 22.5 Å². The molecule has 0 aliphatic rings. The minimum Gasteiger partial charge on any atom is -0.497 e.